The fourth-order valence-corrected chi connectivity index (χ4v) is 2.55. The Labute approximate surface area is 113 Å². The number of benzene rings is 1. The maximum Gasteiger partial charge on any atom is 0.101 e. The quantitative estimate of drug-likeness (QED) is 0.841. The first-order valence-electron chi connectivity index (χ1n) is 6.30. The summed E-state index contributed by atoms with van der Waals surface area (Å²) in [5.41, 5.74) is 1.60. The van der Waals surface area contributed by atoms with Crippen LogP contribution in [-0.2, 0) is 4.74 Å². The van der Waals surface area contributed by atoms with Crippen LogP contribution < -0.4 is 4.90 Å². The molecule has 0 spiro atoms. The molecule has 1 saturated heterocycles. The molecule has 0 bridgehead atoms. The topological polar surface area (TPSA) is 36.3 Å². The van der Waals surface area contributed by atoms with Crippen LogP contribution in [0.1, 0.15) is 25.3 Å². The number of hydrogen-bond donors (Lipinski definition) is 0. The van der Waals surface area contributed by atoms with E-state index in [1.54, 1.807) is 6.07 Å². The maximum absolute atomic E-state index is 8.86. The van der Waals surface area contributed by atoms with E-state index < -0.39 is 0 Å². The minimum atomic E-state index is 0.304. The highest BCUT2D eigenvalue weighted by Gasteiger charge is 2.20. The van der Waals surface area contributed by atoms with Crippen LogP contribution in [0, 0.1) is 11.3 Å². The van der Waals surface area contributed by atoms with Gasteiger partial charge in [-0.15, -0.1) is 0 Å². The Bertz CT molecular complexity index is 454. The number of nitriles is 1. The first-order valence-corrected chi connectivity index (χ1v) is 6.68. The SMILES string of the molecule is CCOC1CCCN(c2ccc(C#N)c(Cl)c2)C1. The van der Waals surface area contributed by atoms with Crippen molar-refractivity contribution in [3.05, 3.63) is 28.8 Å². The van der Waals surface area contributed by atoms with Gasteiger partial charge in [0.2, 0.25) is 0 Å². The van der Waals surface area contributed by atoms with Crippen molar-refractivity contribution in [3.8, 4) is 6.07 Å². The summed E-state index contributed by atoms with van der Waals surface area (Å²) < 4.78 is 5.68. The van der Waals surface area contributed by atoms with Crippen LogP contribution in [0.2, 0.25) is 5.02 Å². The van der Waals surface area contributed by atoms with E-state index in [1.807, 2.05) is 19.1 Å². The molecule has 18 heavy (non-hydrogen) atoms. The molecule has 1 aromatic rings. The molecule has 1 aromatic carbocycles. The van der Waals surface area contributed by atoms with Gasteiger partial charge in [0.15, 0.2) is 0 Å². The lowest BCUT2D eigenvalue weighted by Gasteiger charge is -2.34. The average Bonchev–Trinajstić information content (AvgIpc) is 2.39. The van der Waals surface area contributed by atoms with Crippen LogP contribution in [0.5, 0.6) is 0 Å². The number of halogens is 1. The van der Waals surface area contributed by atoms with Crippen LogP contribution in [-0.4, -0.2) is 25.8 Å². The van der Waals surface area contributed by atoms with Gasteiger partial charge in [0.1, 0.15) is 6.07 Å². The lowest BCUT2D eigenvalue weighted by molar-refractivity contribution is 0.0527. The van der Waals surface area contributed by atoms with Gasteiger partial charge in [-0.1, -0.05) is 11.6 Å². The number of hydrogen-bond acceptors (Lipinski definition) is 3. The van der Waals surface area contributed by atoms with Gasteiger partial charge in [-0.05, 0) is 38.0 Å². The summed E-state index contributed by atoms with van der Waals surface area (Å²) in [6.45, 7) is 4.70. The Morgan fingerprint density at radius 3 is 3.06 bits per heavy atom. The lowest BCUT2D eigenvalue weighted by atomic mass is 10.1. The van der Waals surface area contributed by atoms with E-state index in [-0.39, 0.29) is 0 Å². The van der Waals surface area contributed by atoms with E-state index in [1.165, 1.54) is 0 Å². The van der Waals surface area contributed by atoms with E-state index in [2.05, 4.69) is 11.0 Å². The van der Waals surface area contributed by atoms with Gasteiger partial charge in [0.05, 0.1) is 16.7 Å². The van der Waals surface area contributed by atoms with Gasteiger partial charge < -0.3 is 9.64 Å². The molecule has 0 aliphatic carbocycles. The van der Waals surface area contributed by atoms with E-state index in [4.69, 9.17) is 21.6 Å². The van der Waals surface area contributed by atoms with Gasteiger partial charge in [-0.2, -0.15) is 5.26 Å². The Kier molecular flexibility index (Phi) is 4.46. The van der Waals surface area contributed by atoms with Crippen molar-refractivity contribution in [1.29, 1.82) is 5.26 Å². The third kappa shape index (κ3) is 2.95. The third-order valence-corrected chi connectivity index (χ3v) is 3.53. The van der Waals surface area contributed by atoms with Crippen molar-refractivity contribution >= 4 is 17.3 Å². The zero-order valence-electron chi connectivity index (χ0n) is 10.5. The van der Waals surface area contributed by atoms with Crippen molar-refractivity contribution in [2.24, 2.45) is 0 Å². The lowest BCUT2D eigenvalue weighted by Crippen LogP contribution is -2.39. The molecule has 0 amide bonds. The van der Waals surface area contributed by atoms with E-state index >= 15 is 0 Å². The highest BCUT2D eigenvalue weighted by atomic mass is 35.5. The summed E-state index contributed by atoms with van der Waals surface area (Å²) in [6.07, 6.45) is 2.55. The Balaban J connectivity index is 2.11. The fraction of sp³-hybridized carbons (Fsp3) is 0.500. The Morgan fingerprint density at radius 1 is 1.56 bits per heavy atom. The van der Waals surface area contributed by atoms with Crippen molar-refractivity contribution < 1.29 is 4.74 Å². The van der Waals surface area contributed by atoms with E-state index in [9.17, 15) is 0 Å². The van der Waals surface area contributed by atoms with Gasteiger partial charge in [-0.25, -0.2) is 0 Å². The molecular formula is C14H17ClN2O. The number of anilines is 1. The summed E-state index contributed by atoms with van der Waals surface area (Å²) in [5, 5.41) is 9.39. The molecule has 0 radical (unpaired) electrons. The van der Waals surface area contributed by atoms with E-state index in [0.29, 0.717) is 16.7 Å². The number of rotatable bonds is 3. The van der Waals surface area contributed by atoms with Crippen molar-refractivity contribution in [2.75, 3.05) is 24.6 Å². The molecule has 3 nitrogen and oxygen atoms in total. The molecule has 1 heterocycles. The molecule has 96 valence electrons. The second-order valence-electron chi connectivity index (χ2n) is 4.44. The highest BCUT2D eigenvalue weighted by Crippen LogP contribution is 2.26. The number of ether oxygens (including phenoxy) is 1. The Morgan fingerprint density at radius 2 is 2.39 bits per heavy atom. The maximum atomic E-state index is 8.86. The molecule has 1 aliphatic rings. The predicted octanol–water partition coefficient (Wildman–Crippen LogP) is 3.22. The highest BCUT2D eigenvalue weighted by molar-refractivity contribution is 6.32. The molecular weight excluding hydrogens is 248 g/mol. The van der Waals surface area contributed by atoms with Gasteiger partial charge in [0.25, 0.3) is 0 Å². The average molecular weight is 265 g/mol. The minimum Gasteiger partial charge on any atom is -0.377 e. The van der Waals surface area contributed by atoms with Crippen molar-refractivity contribution in [3.63, 3.8) is 0 Å². The molecule has 2 rings (SSSR count). The molecule has 1 atom stereocenters. The molecule has 0 aromatic heterocycles. The van der Waals surface area contributed by atoms with Gasteiger partial charge in [-0.3, -0.25) is 0 Å². The van der Waals surface area contributed by atoms with Crippen LogP contribution in [0.25, 0.3) is 0 Å². The zero-order chi connectivity index (χ0) is 13.0. The summed E-state index contributed by atoms with van der Waals surface area (Å²) in [6, 6.07) is 7.69. The first kappa shape index (κ1) is 13.2. The zero-order valence-corrected chi connectivity index (χ0v) is 11.3. The van der Waals surface area contributed by atoms with Crippen LogP contribution in [0.15, 0.2) is 18.2 Å². The minimum absolute atomic E-state index is 0.304. The first-order chi connectivity index (χ1) is 8.74. The molecule has 1 fully saturated rings. The van der Waals surface area contributed by atoms with Gasteiger partial charge >= 0.3 is 0 Å². The van der Waals surface area contributed by atoms with Crippen LogP contribution in [0.4, 0.5) is 5.69 Å². The number of nitrogens with zero attached hydrogens (tertiary/aromatic N) is 2. The molecule has 1 unspecified atom stereocenters. The predicted molar refractivity (Wildman–Crippen MR) is 73.0 cm³/mol. The summed E-state index contributed by atoms with van der Waals surface area (Å²) in [7, 11) is 0. The second kappa shape index (κ2) is 6.08. The number of piperidine rings is 1. The van der Waals surface area contributed by atoms with E-state index in [0.717, 1.165) is 38.2 Å². The van der Waals surface area contributed by atoms with Crippen molar-refractivity contribution in [2.45, 2.75) is 25.9 Å². The fourth-order valence-electron chi connectivity index (χ4n) is 2.34. The third-order valence-electron chi connectivity index (χ3n) is 3.22. The van der Waals surface area contributed by atoms with Crippen molar-refractivity contribution in [1.82, 2.24) is 0 Å². The van der Waals surface area contributed by atoms with Gasteiger partial charge in [0, 0.05) is 25.4 Å². The smallest absolute Gasteiger partial charge is 0.101 e. The molecule has 1 aliphatic heterocycles. The molecule has 4 heteroatoms. The molecule has 0 saturated carbocycles. The summed E-state index contributed by atoms with van der Waals surface area (Å²) in [5.74, 6) is 0. The standard InChI is InChI=1S/C14H17ClN2O/c1-2-18-13-4-3-7-17(10-13)12-6-5-11(9-16)14(15)8-12/h5-6,8,13H,2-4,7,10H2,1H3. The van der Waals surface area contributed by atoms with Crippen LogP contribution in [0.3, 0.4) is 0 Å². The summed E-state index contributed by atoms with van der Waals surface area (Å²) in [4.78, 5) is 2.27. The summed E-state index contributed by atoms with van der Waals surface area (Å²) >= 11 is 6.07. The molecule has 0 N–H and O–H groups in total. The Hall–Kier alpha value is -1.24. The largest absolute Gasteiger partial charge is 0.377 e. The second-order valence-corrected chi connectivity index (χ2v) is 4.85. The normalized spacial score (nSPS) is 19.6. The van der Waals surface area contributed by atoms with Crippen LogP contribution >= 0.6 is 11.6 Å². The monoisotopic (exact) mass is 264 g/mol.